The zero-order valence-electron chi connectivity index (χ0n) is 15.5. The lowest BCUT2D eigenvalue weighted by molar-refractivity contribution is -0.385. The van der Waals surface area contributed by atoms with Crippen molar-refractivity contribution >= 4 is 39.0 Å². The molecule has 0 spiro atoms. The maximum absolute atomic E-state index is 14.1. The second-order valence-electron chi connectivity index (χ2n) is 6.15. The summed E-state index contributed by atoms with van der Waals surface area (Å²) in [6.45, 7) is 0.263. The Labute approximate surface area is 187 Å². The van der Waals surface area contributed by atoms with Crippen molar-refractivity contribution in [3.05, 3.63) is 80.1 Å². The predicted molar refractivity (Wildman–Crippen MR) is 116 cm³/mol. The SMILES string of the molecule is O=[N+]([O-])c1c(NCc2ccc(-c3csnn3)cc2)ncnc1Oc1ccc(Br)cc1F. The molecule has 156 valence electrons. The number of nitrogens with one attached hydrogen (secondary N) is 1. The van der Waals surface area contributed by atoms with Gasteiger partial charge in [0, 0.05) is 22.0 Å². The third-order valence-electron chi connectivity index (χ3n) is 4.14. The van der Waals surface area contributed by atoms with E-state index in [0.29, 0.717) is 4.47 Å². The van der Waals surface area contributed by atoms with Crippen molar-refractivity contribution in [2.24, 2.45) is 0 Å². The fraction of sp³-hybridized carbons (Fsp3) is 0.0526. The standard InChI is InChI=1S/C19H12BrFN6O3S/c20-13-5-6-16(14(21)7-13)30-19-17(27(28)29)18(23-10-24-19)22-8-11-1-3-12(4-2-11)15-9-31-26-25-15/h1-7,9-10H,8H2,(H,22,23,24). The maximum atomic E-state index is 14.1. The molecule has 0 radical (unpaired) electrons. The molecule has 0 saturated carbocycles. The number of anilines is 1. The lowest BCUT2D eigenvalue weighted by atomic mass is 10.1. The van der Waals surface area contributed by atoms with E-state index in [9.17, 15) is 14.5 Å². The van der Waals surface area contributed by atoms with Gasteiger partial charge in [0.05, 0.1) is 4.92 Å². The van der Waals surface area contributed by atoms with Crippen LogP contribution in [0.15, 0.2) is 58.6 Å². The molecule has 0 aliphatic carbocycles. The Morgan fingerprint density at radius 2 is 2.00 bits per heavy atom. The van der Waals surface area contributed by atoms with Gasteiger partial charge in [0.2, 0.25) is 5.82 Å². The first-order valence-electron chi connectivity index (χ1n) is 8.74. The third kappa shape index (κ3) is 4.81. The summed E-state index contributed by atoms with van der Waals surface area (Å²) in [5, 5.41) is 20.4. The smallest absolute Gasteiger partial charge is 0.373 e. The van der Waals surface area contributed by atoms with Gasteiger partial charge in [-0.1, -0.05) is 44.7 Å². The van der Waals surface area contributed by atoms with Crippen molar-refractivity contribution in [1.82, 2.24) is 19.6 Å². The average molecular weight is 503 g/mol. The number of halogens is 2. The lowest BCUT2D eigenvalue weighted by Crippen LogP contribution is -2.07. The number of aromatic nitrogens is 4. The van der Waals surface area contributed by atoms with E-state index in [1.807, 2.05) is 29.6 Å². The van der Waals surface area contributed by atoms with Crippen LogP contribution < -0.4 is 10.1 Å². The molecule has 0 aliphatic rings. The Kier molecular flexibility index (Phi) is 6.09. The third-order valence-corrected chi connectivity index (χ3v) is 5.14. The first-order valence-corrected chi connectivity index (χ1v) is 10.4. The normalized spacial score (nSPS) is 10.6. The summed E-state index contributed by atoms with van der Waals surface area (Å²) in [5.74, 6) is -1.29. The molecular weight excluding hydrogens is 491 g/mol. The maximum Gasteiger partial charge on any atom is 0.373 e. The molecule has 2 aromatic heterocycles. The number of benzene rings is 2. The molecule has 9 nitrogen and oxygen atoms in total. The fourth-order valence-electron chi connectivity index (χ4n) is 2.66. The van der Waals surface area contributed by atoms with Crippen LogP contribution in [0.25, 0.3) is 11.3 Å². The van der Waals surface area contributed by atoms with Crippen LogP contribution in [0.4, 0.5) is 15.9 Å². The van der Waals surface area contributed by atoms with E-state index in [1.54, 1.807) is 6.07 Å². The van der Waals surface area contributed by atoms with Gasteiger partial charge in [-0.2, -0.15) is 4.98 Å². The Balaban J connectivity index is 1.54. The van der Waals surface area contributed by atoms with Crippen molar-refractivity contribution in [3.63, 3.8) is 0 Å². The van der Waals surface area contributed by atoms with Crippen molar-refractivity contribution in [2.75, 3.05) is 5.32 Å². The monoisotopic (exact) mass is 502 g/mol. The molecule has 2 heterocycles. The molecule has 4 aromatic rings. The first kappa shape index (κ1) is 20.8. The number of nitrogens with zero attached hydrogens (tertiary/aromatic N) is 5. The molecule has 0 aliphatic heterocycles. The summed E-state index contributed by atoms with van der Waals surface area (Å²) < 4.78 is 23.8. The van der Waals surface area contributed by atoms with Gasteiger partial charge < -0.3 is 10.1 Å². The van der Waals surface area contributed by atoms with E-state index in [1.165, 1.54) is 23.7 Å². The quantitative estimate of drug-likeness (QED) is 0.270. The molecular formula is C19H12BrFN6O3S. The van der Waals surface area contributed by atoms with Crippen LogP contribution in [0.2, 0.25) is 0 Å². The highest BCUT2D eigenvalue weighted by Gasteiger charge is 2.25. The van der Waals surface area contributed by atoms with Crippen molar-refractivity contribution in [2.45, 2.75) is 6.54 Å². The molecule has 12 heteroatoms. The second-order valence-corrected chi connectivity index (χ2v) is 7.68. The molecule has 0 unspecified atom stereocenters. The van der Waals surface area contributed by atoms with Crippen molar-refractivity contribution < 1.29 is 14.1 Å². The van der Waals surface area contributed by atoms with E-state index in [2.05, 4.69) is 40.8 Å². The van der Waals surface area contributed by atoms with Gasteiger partial charge in [-0.3, -0.25) is 10.1 Å². The zero-order chi connectivity index (χ0) is 21.8. The summed E-state index contributed by atoms with van der Waals surface area (Å²) >= 11 is 4.41. The summed E-state index contributed by atoms with van der Waals surface area (Å²) in [4.78, 5) is 18.7. The molecule has 0 amide bonds. The van der Waals surface area contributed by atoms with E-state index >= 15 is 0 Å². The summed E-state index contributed by atoms with van der Waals surface area (Å²) in [6.07, 6.45) is 1.11. The highest BCUT2D eigenvalue weighted by Crippen LogP contribution is 2.35. The summed E-state index contributed by atoms with van der Waals surface area (Å²) in [6, 6.07) is 11.6. The minimum absolute atomic E-state index is 0.0414. The van der Waals surface area contributed by atoms with Gasteiger partial charge in [-0.25, -0.2) is 9.37 Å². The Morgan fingerprint density at radius 3 is 2.68 bits per heavy atom. The minimum Gasteiger partial charge on any atom is -0.430 e. The van der Waals surface area contributed by atoms with Crippen LogP contribution in [0.1, 0.15) is 5.56 Å². The molecule has 0 atom stereocenters. The van der Waals surface area contributed by atoms with Crippen molar-refractivity contribution in [1.29, 1.82) is 0 Å². The number of ether oxygens (including phenoxy) is 1. The number of nitro groups is 1. The van der Waals surface area contributed by atoms with Gasteiger partial charge >= 0.3 is 11.6 Å². The number of rotatable bonds is 7. The highest BCUT2D eigenvalue weighted by atomic mass is 79.9. The van der Waals surface area contributed by atoms with Crippen LogP contribution in [0, 0.1) is 15.9 Å². The molecule has 0 bridgehead atoms. The van der Waals surface area contributed by atoms with E-state index in [4.69, 9.17) is 4.74 Å². The number of hydrogen-bond acceptors (Lipinski definition) is 9. The van der Waals surface area contributed by atoms with Crippen molar-refractivity contribution in [3.8, 4) is 22.9 Å². The summed E-state index contributed by atoms with van der Waals surface area (Å²) in [5.41, 5.74) is 2.06. The van der Waals surface area contributed by atoms with Gasteiger partial charge in [0.15, 0.2) is 11.6 Å². The van der Waals surface area contributed by atoms with Crippen LogP contribution in [-0.2, 0) is 6.54 Å². The summed E-state index contributed by atoms with van der Waals surface area (Å²) in [7, 11) is 0. The average Bonchev–Trinajstić information content (AvgIpc) is 3.29. The number of hydrogen-bond donors (Lipinski definition) is 1. The fourth-order valence-corrected chi connectivity index (χ4v) is 3.46. The van der Waals surface area contributed by atoms with E-state index in [0.717, 1.165) is 23.1 Å². The van der Waals surface area contributed by atoms with Gasteiger partial charge in [0.25, 0.3) is 0 Å². The van der Waals surface area contributed by atoms with Crippen LogP contribution >= 0.6 is 27.5 Å². The molecule has 0 fully saturated rings. The van der Waals surface area contributed by atoms with Gasteiger partial charge in [-0.05, 0) is 35.3 Å². The zero-order valence-corrected chi connectivity index (χ0v) is 17.9. The largest absolute Gasteiger partial charge is 0.430 e. The topological polar surface area (TPSA) is 116 Å². The molecule has 2 aromatic carbocycles. The predicted octanol–water partition coefficient (Wildman–Crippen LogP) is 5.21. The Bertz CT molecular complexity index is 1220. The molecule has 4 rings (SSSR count). The molecule has 31 heavy (non-hydrogen) atoms. The molecule has 1 N–H and O–H groups in total. The van der Waals surface area contributed by atoms with Gasteiger partial charge in [0.1, 0.15) is 12.0 Å². The Hall–Kier alpha value is -3.51. The van der Waals surface area contributed by atoms with E-state index < -0.39 is 16.4 Å². The van der Waals surface area contributed by atoms with Crippen LogP contribution in [0.5, 0.6) is 11.6 Å². The lowest BCUT2D eigenvalue weighted by Gasteiger charge is -2.10. The second kappa shape index (κ2) is 9.10. The minimum atomic E-state index is -0.688. The van der Waals surface area contributed by atoms with Crippen LogP contribution in [0.3, 0.4) is 0 Å². The first-order chi connectivity index (χ1) is 15.0. The van der Waals surface area contributed by atoms with Gasteiger partial charge in [-0.15, -0.1) is 5.10 Å². The highest BCUT2D eigenvalue weighted by molar-refractivity contribution is 9.10. The van der Waals surface area contributed by atoms with Crippen LogP contribution in [-0.4, -0.2) is 24.5 Å². The molecule has 0 saturated heterocycles. The Morgan fingerprint density at radius 1 is 1.19 bits per heavy atom. The van der Waals surface area contributed by atoms with E-state index in [-0.39, 0.29) is 24.0 Å².